The van der Waals surface area contributed by atoms with Crippen molar-refractivity contribution in [1.29, 1.82) is 0 Å². The highest BCUT2D eigenvalue weighted by Gasteiger charge is 2.17. The Kier molecular flexibility index (Phi) is 2.90. The fourth-order valence-electron chi connectivity index (χ4n) is 1.45. The van der Waals surface area contributed by atoms with Gasteiger partial charge in [0.1, 0.15) is 0 Å². The molecule has 0 aliphatic rings. The number of hydrogen-bond donors (Lipinski definition) is 0. The highest BCUT2D eigenvalue weighted by molar-refractivity contribution is 5.72. The van der Waals surface area contributed by atoms with Gasteiger partial charge in [-0.25, -0.2) is 14.5 Å². The molecule has 0 saturated heterocycles. The second-order valence-corrected chi connectivity index (χ2v) is 3.97. The van der Waals surface area contributed by atoms with Crippen LogP contribution in [0.25, 0.3) is 11.2 Å². The van der Waals surface area contributed by atoms with Crippen molar-refractivity contribution in [2.75, 3.05) is 28.2 Å². The topological polar surface area (TPSA) is 59.1 Å². The molecular formula is C10H15N6O+. The summed E-state index contributed by atoms with van der Waals surface area (Å²) in [5, 5.41) is 7.82. The van der Waals surface area contributed by atoms with Crippen molar-refractivity contribution < 1.29 is 9.41 Å². The first-order chi connectivity index (χ1) is 8.09. The van der Waals surface area contributed by atoms with Gasteiger partial charge in [-0.2, -0.15) is 0 Å². The number of amidine groups is 1. The molecule has 2 aromatic heterocycles. The molecule has 0 fully saturated rings. The maximum Gasteiger partial charge on any atom is 0.471 e. The molecular weight excluding hydrogens is 220 g/mol. The molecule has 0 spiro atoms. The lowest BCUT2D eigenvalue weighted by Gasteiger charge is -2.10. The second-order valence-electron chi connectivity index (χ2n) is 3.97. The van der Waals surface area contributed by atoms with Crippen molar-refractivity contribution >= 4 is 17.2 Å². The quantitative estimate of drug-likeness (QED) is 0.377. The van der Waals surface area contributed by atoms with E-state index in [9.17, 15) is 0 Å². The summed E-state index contributed by atoms with van der Waals surface area (Å²) in [6.45, 7) is 0. The summed E-state index contributed by atoms with van der Waals surface area (Å²) < 4.78 is 1.85. The second kappa shape index (κ2) is 4.36. The van der Waals surface area contributed by atoms with Crippen molar-refractivity contribution in [3.63, 3.8) is 0 Å². The minimum atomic E-state index is 0.560. The van der Waals surface area contributed by atoms with E-state index in [2.05, 4.69) is 15.3 Å². The lowest BCUT2D eigenvalue weighted by molar-refractivity contribution is -0.480. The Morgan fingerprint density at radius 1 is 1.41 bits per heavy atom. The van der Waals surface area contributed by atoms with E-state index in [1.807, 2.05) is 49.8 Å². The Morgan fingerprint density at radius 2 is 2.18 bits per heavy atom. The van der Waals surface area contributed by atoms with E-state index in [1.165, 1.54) is 4.85 Å². The molecule has 0 bridgehead atoms. The molecule has 0 unspecified atom stereocenters. The van der Waals surface area contributed by atoms with E-state index in [0.29, 0.717) is 11.7 Å². The third kappa shape index (κ3) is 2.17. The van der Waals surface area contributed by atoms with E-state index in [4.69, 9.17) is 4.84 Å². The first kappa shape index (κ1) is 11.3. The molecule has 0 aliphatic heterocycles. The average molecular weight is 235 g/mol. The number of rotatable bonds is 1. The van der Waals surface area contributed by atoms with Crippen LogP contribution in [0.3, 0.4) is 0 Å². The summed E-state index contributed by atoms with van der Waals surface area (Å²) in [5.74, 6) is 0. The van der Waals surface area contributed by atoms with Gasteiger partial charge in [0.15, 0.2) is 5.52 Å². The Bertz CT molecular complexity index is 555. The van der Waals surface area contributed by atoms with Crippen molar-refractivity contribution in [3.8, 4) is 0 Å². The van der Waals surface area contributed by atoms with Crippen molar-refractivity contribution in [2.45, 2.75) is 0 Å². The average Bonchev–Trinajstić information content (AvgIpc) is 2.68. The number of pyridine rings is 1. The van der Waals surface area contributed by atoms with Crippen LogP contribution in [-0.4, -0.2) is 63.8 Å². The van der Waals surface area contributed by atoms with Crippen LogP contribution < -0.4 is 4.84 Å². The molecule has 7 nitrogen and oxygen atoms in total. The van der Waals surface area contributed by atoms with Gasteiger partial charge >= 0.3 is 6.02 Å². The van der Waals surface area contributed by atoms with E-state index in [0.717, 1.165) is 5.52 Å². The first-order valence-corrected chi connectivity index (χ1v) is 5.16. The van der Waals surface area contributed by atoms with Crippen molar-refractivity contribution in [1.82, 2.24) is 25.0 Å². The zero-order chi connectivity index (χ0) is 12.4. The monoisotopic (exact) mass is 235 g/mol. The molecule has 0 N–H and O–H groups in total. The summed E-state index contributed by atoms with van der Waals surface area (Å²) in [7, 11) is 7.58. The minimum Gasteiger partial charge on any atom is -0.278 e. The Balaban J connectivity index is 2.39. The fraction of sp³-hybridized carbons (Fsp3) is 0.400. The predicted octanol–water partition coefficient (Wildman–Crippen LogP) is -0.555. The number of nitrogens with zero attached hydrogens (tertiary/aromatic N) is 6. The van der Waals surface area contributed by atoms with Gasteiger partial charge in [-0.1, -0.05) is 4.85 Å². The number of fused-ring (bicyclic) bond motifs is 1. The molecule has 0 amide bonds. The Labute approximate surface area is 98.9 Å². The smallest absolute Gasteiger partial charge is 0.278 e. The molecule has 2 rings (SSSR count). The van der Waals surface area contributed by atoms with E-state index in [-0.39, 0.29) is 0 Å². The molecule has 2 aromatic rings. The van der Waals surface area contributed by atoms with Crippen LogP contribution in [0.2, 0.25) is 0 Å². The van der Waals surface area contributed by atoms with Crippen LogP contribution in [-0.2, 0) is 0 Å². The lowest BCUT2D eigenvalue weighted by atomic mass is 10.4. The van der Waals surface area contributed by atoms with Crippen LogP contribution >= 0.6 is 0 Å². The SMILES string of the molecule is CN(C)C(On1nnc2ncccc21)=[N+](C)C. The number of aromatic nitrogens is 4. The fourth-order valence-corrected chi connectivity index (χ4v) is 1.45. The van der Waals surface area contributed by atoms with E-state index >= 15 is 0 Å². The highest BCUT2D eigenvalue weighted by Crippen LogP contribution is 2.04. The standard InChI is InChI=1S/C10H15N6O/c1-14(2)10(15(3)4)17-16-8-6-5-7-11-9(8)12-13-16/h5-7H,1-4H3/q+1. The van der Waals surface area contributed by atoms with Gasteiger partial charge in [-0.05, 0) is 17.3 Å². The van der Waals surface area contributed by atoms with Gasteiger partial charge in [-0.3, -0.25) is 4.84 Å². The Morgan fingerprint density at radius 3 is 2.82 bits per heavy atom. The van der Waals surface area contributed by atoms with Crippen LogP contribution in [0.1, 0.15) is 0 Å². The zero-order valence-corrected chi connectivity index (χ0v) is 10.3. The molecule has 0 radical (unpaired) electrons. The largest absolute Gasteiger partial charge is 0.471 e. The summed E-state index contributed by atoms with van der Waals surface area (Å²) in [6.07, 6.45) is 1.67. The third-order valence-corrected chi connectivity index (χ3v) is 2.13. The summed E-state index contributed by atoms with van der Waals surface area (Å²) >= 11 is 0. The van der Waals surface area contributed by atoms with Crippen LogP contribution in [0.4, 0.5) is 0 Å². The minimum absolute atomic E-state index is 0.560. The predicted molar refractivity (Wildman–Crippen MR) is 62.7 cm³/mol. The van der Waals surface area contributed by atoms with E-state index < -0.39 is 0 Å². The maximum atomic E-state index is 5.66. The normalized spacial score (nSPS) is 10.4. The lowest BCUT2D eigenvalue weighted by Crippen LogP contribution is -2.39. The van der Waals surface area contributed by atoms with Gasteiger partial charge in [-0.15, -0.1) is 5.10 Å². The first-order valence-electron chi connectivity index (χ1n) is 5.16. The van der Waals surface area contributed by atoms with Gasteiger partial charge < -0.3 is 0 Å². The molecule has 7 heteroatoms. The van der Waals surface area contributed by atoms with Crippen LogP contribution in [0.15, 0.2) is 18.3 Å². The molecule has 0 aromatic carbocycles. The molecule has 17 heavy (non-hydrogen) atoms. The van der Waals surface area contributed by atoms with E-state index in [1.54, 1.807) is 6.20 Å². The third-order valence-electron chi connectivity index (χ3n) is 2.13. The van der Waals surface area contributed by atoms with Gasteiger partial charge in [0.25, 0.3) is 0 Å². The van der Waals surface area contributed by atoms with Gasteiger partial charge in [0.05, 0.1) is 28.2 Å². The maximum absolute atomic E-state index is 5.66. The summed E-state index contributed by atoms with van der Waals surface area (Å²) in [5.41, 5.74) is 1.29. The Hall–Kier alpha value is -2.18. The molecule has 0 aliphatic carbocycles. The molecule has 0 saturated carbocycles. The molecule has 90 valence electrons. The van der Waals surface area contributed by atoms with Gasteiger partial charge in [0, 0.05) is 6.20 Å². The molecule has 0 atom stereocenters. The van der Waals surface area contributed by atoms with Crippen LogP contribution in [0, 0.1) is 0 Å². The summed E-state index contributed by atoms with van der Waals surface area (Å²) in [4.78, 5) is 13.0. The zero-order valence-electron chi connectivity index (χ0n) is 10.3. The molecule has 2 heterocycles. The summed E-state index contributed by atoms with van der Waals surface area (Å²) in [6, 6.07) is 4.32. The number of hydrogen-bond acceptors (Lipinski definition) is 4. The highest BCUT2D eigenvalue weighted by atomic mass is 16.7. The van der Waals surface area contributed by atoms with Crippen LogP contribution in [0.5, 0.6) is 0 Å². The van der Waals surface area contributed by atoms with Crippen molar-refractivity contribution in [2.24, 2.45) is 0 Å². The van der Waals surface area contributed by atoms with Gasteiger partial charge in [0.2, 0.25) is 5.65 Å². The van der Waals surface area contributed by atoms with Crippen molar-refractivity contribution in [3.05, 3.63) is 18.3 Å².